The van der Waals surface area contributed by atoms with Crippen molar-refractivity contribution in [2.24, 2.45) is 11.1 Å². The molecule has 1 aromatic rings. The van der Waals surface area contributed by atoms with Gasteiger partial charge in [0.05, 0.1) is 0 Å². The quantitative estimate of drug-likeness (QED) is 0.873. The van der Waals surface area contributed by atoms with Crippen LogP contribution in [0.4, 0.5) is 0 Å². The first-order valence-electron chi connectivity index (χ1n) is 6.17. The molecule has 1 saturated carbocycles. The zero-order chi connectivity index (χ0) is 12.5. The standard InChI is InChI=1S/C14H20BrNS/c1-14(2)8-4-7-12(13(14)16)17-11-6-3-5-10(15)9-11/h3,5-6,9,12-13H,4,7-8,16H2,1-2H3. The largest absolute Gasteiger partial charge is 0.326 e. The van der Waals surface area contributed by atoms with Crippen LogP contribution in [0.2, 0.25) is 0 Å². The third-order valence-electron chi connectivity index (χ3n) is 3.70. The fraction of sp³-hybridized carbons (Fsp3) is 0.571. The Balaban J connectivity index is 2.08. The summed E-state index contributed by atoms with van der Waals surface area (Å²) in [6, 6.07) is 8.80. The second-order valence-corrected chi connectivity index (χ2v) is 7.75. The zero-order valence-corrected chi connectivity index (χ0v) is 12.9. The molecule has 0 aliphatic heterocycles. The van der Waals surface area contributed by atoms with Crippen molar-refractivity contribution in [1.82, 2.24) is 0 Å². The van der Waals surface area contributed by atoms with Gasteiger partial charge >= 0.3 is 0 Å². The van der Waals surface area contributed by atoms with Gasteiger partial charge in [-0.3, -0.25) is 0 Å². The van der Waals surface area contributed by atoms with E-state index in [-0.39, 0.29) is 5.41 Å². The fourth-order valence-corrected chi connectivity index (χ4v) is 4.51. The van der Waals surface area contributed by atoms with Crippen LogP contribution in [0.25, 0.3) is 0 Å². The highest BCUT2D eigenvalue weighted by atomic mass is 79.9. The van der Waals surface area contributed by atoms with Gasteiger partial charge in [0, 0.05) is 20.7 Å². The predicted molar refractivity (Wildman–Crippen MR) is 79.4 cm³/mol. The molecule has 1 aliphatic rings. The second kappa shape index (κ2) is 5.33. The van der Waals surface area contributed by atoms with E-state index in [1.54, 1.807) is 0 Å². The molecule has 0 heterocycles. The summed E-state index contributed by atoms with van der Waals surface area (Å²) in [5.74, 6) is 0. The first kappa shape index (κ1) is 13.4. The SMILES string of the molecule is CC1(C)CCCC(Sc2cccc(Br)c2)C1N. The Kier molecular flexibility index (Phi) is 4.22. The summed E-state index contributed by atoms with van der Waals surface area (Å²) in [5, 5.41) is 0.549. The van der Waals surface area contributed by atoms with Crippen LogP contribution in [0.15, 0.2) is 33.6 Å². The molecule has 3 heteroatoms. The zero-order valence-electron chi connectivity index (χ0n) is 10.4. The lowest BCUT2D eigenvalue weighted by atomic mass is 9.73. The van der Waals surface area contributed by atoms with Crippen molar-refractivity contribution in [2.75, 3.05) is 0 Å². The maximum Gasteiger partial charge on any atom is 0.0251 e. The van der Waals surface area contributed by atoms with E-state index in [2.05, 4.69) is 54.0 Å². The number of halogens is 1. The molecule has 0 spiro atoms. The Bertz CT molecular complexity index is 392. The summed E-state index contributed by atoms with van der Waals surface area (Å²) in [6.07, 6.45) is 3.79. The average Bonchev–Trinajstić information content (AvgIpc) is 2.25. The van der Waals surface area contributed by atoms with Crippen molar-refractivity contribution in [3.8, 4) is 0 Å². The summed E-state index contributed by atoms with van der Waals surface area (Å²) in [5.41, 5.74) is 6.69. The number of benzene rings is 1. The maximum absolute atomic E-state index is 6.41. The van der Waals surface area contributed by atoms with Crippen LogP contribution < -0.4 is 5.73 Å². The normalized spacial score (nSPS) is 28.0. The van der Waals surface area contributed by atoms with E-state index >= 15 is 0 Å². The third kappa shape index (κ3) is 3.27. The Morgan fingerprint density at radius 2 is 2.18 bits per heavy atom. The van der Waals surface area contributed by atoms with Crippen LogP contribution in [-0.4, -0.2) is 11.3 Å². The Hall–Kier alpha value is 0.01000. The Labute approximate surface area is 117 Å². The number of rotatable bonds is 2. The lowest BCUT2D eigenvalue weighted by Crippen LogP contribution is -2.48. The van der Waals surface area contributed by atoms with Crippen molar-refractivity contribution in [3.05, 3.63) is 28.7 Å². The van der Waals surface area contributed by atoms with Crippen LogP contribution in [0.1, 0.15) is 33.1 Å². The molecule has 1 aromatic carbocycles. The number of nitrogens with two attached hydrogens (primary N) is 1. The van der Waals surface area contributed by atoms with E-state index < -0.39 is 0 Å². The van der Waals surface area contributed by atoms with Gasteiger partial charge in [-0.25, -0.2) is 0 Å². The topological polar surface area (TPSA) is 26.0 Å². The van der Waals surface area contributed by atoms with Crippen LogP contribution in [0.3, 0.4) is 0 Å². The molecule has 1 aliphatic carbocycles. The van der Waals surface area contributed by atoms with E-state index in [0.717, 1.165) is 4.47 Å². The molecule has 0 bridgehead atoms. The number of thioether (sulfide) groups is 1. The molecule has 0 amide bonds. The van der Waals surface area contributed by atoms with Crippen LogP contribution in [-0.2, 0) is 0 Å². The van der Waals surface area contributed by atoms with Crippen molar-refractivity contribution in [3.63, 3.8) is 0 Å². The fourth-order valence-electron chi connectivity index (χ4n) is 2.46. The molecule has 17 heavy (non-hydrogen) atoms. The average molecular weight is 314 g/mol. The van der Waals surface area contributed by atoms with E-state index in [4.69, 9.17) is 5.73 Å². The summed E-state index contributed by atoms with van der Waals surface area (Å²) >= 11 is 5.45. The van der Waals surface area contributed by atoms with Gasteiger partial charge in [0.1, 0.15) is 0 Å². The molecular formula is C14H20BrNS. The second-order valence-electron chi connectivity index (χ2n) is 5.52. The molecule has 94 valence electrons. The summed E-state index contributed by atoms with van der Waals surface area (Å²) in [6.45, 7) is 4.59. The molecule has 0 radical (unpaired) electrons. The minimum Gasteiger partial charge on any atom is -0.326 e. The molecule has 2 atom stereocenters. The van der Waals surface area contributed by atoms with Crippen LogP contribution in [0, 0.1) is 5.41 Å². The number of hydrogen-bond donors (Lipinski definition) is 1. The predicted octanol–water partition coefficient (Wildman–Crippen LogP) is 4.45. The van der Waals surface area contributed by atoms with E-state index in [1.165, 1.54) is 24.2 Å². The first-order chi connectivity index (χ1) is 7.99. The van der Waals surface area contributed by atoms with Gasteiger partial charge in [-0.1, -0.05) is 42.3 Å². The monoisotopic (exact) mass is 313 g/mol. The number of hydrogen-bond acceptors (Lipinski definition) is 2. The molecule has 0 aromatic heterocycles. The molecular weight excluding hydrogens is 294 g/mol. The molecule has 1 fully saturated rings. The van der Waals surface area contributed by atoms with Crippen molar-refractivity contribution >= 4 is 27.7 Å². The smallest absolute Gasteiger partial charge is 0.0251 e. The highest BCUT2D eigenvalue weighted by molar-refractivity contribution is 9.10. The van der Waals surface area contributed by atoms with E-state index in [1.807, 2.05) is 11.8 Å². The van der Waals surface area contributed by atoms with Gasteiger partial charge in [0.2, 0.25) is 0 Å². The summed E-state index contributed by atoms with van der Waals surface area (Å²) < 4.78 is 1.14. The van der Waals surface area contributed by atoms with Gasteiger partial charge < -0.3 is 5.73 Å². The van der Waals surface area contributed by atoms with Gasteiger partial charge in [-0.2, -0.15) is 0 Å². The van der Waals surface area contributed by atoms with Crippen molar-refractivity contribution in [1.29, 1.82) is 0 Å². The molecule has 2 unspecified atom stereocenters. The molecule has 0 saturated heterocycles. The lowest BCUT2D eigenvalue weighted by molar-refractivity contribution is 0.208. The minimum atomic E-state index is 0.280. The van der Waals surface area contributed by atoms with Gasteiger partial charge in [-0.05, 0) is 36.5 Å². The first-order valence-corrected chi connectivity index (χ1v) is 7.84. The summed E-state index contributed by atoms with van der Waals surface area (Å²) in [4.78, 5) is 1.32. The van der Waals surface area contributed by atoms with Crippen LogP contribution >= 0.6 is 27.7 Å². The summed E-state index contributed by atoms with van der Waals surface area (Å²) in [7, 11) is 0. The highest BCUT2D eigenvalue weighted by Crippen LogP contribution is 2.41. The highest BCUT2D eigenvalue weighted by Gasteiger charge is 2.36. The van der Waals surface area contributed by atoms with E-state index in [9.17, 15) is 0 Å². The minimum absolute atomic E-state index is 0.280. The van der Waals surface area contributed by atoms with Crippen LogP contribution in [0.5, 0.6) is 0 Å². The lowest BCUT2D eigenvalue weighted by Gasteiger charge is -2.41. The van der Waals surface area contributed by atoms with Gasteiger partial charge in [0.15, 0.2) is 0 Å². The maximum atomic E-state index is 6.41. The third-order valence-corrected chi connectivity index (χ3v) is 5.55. The Morgan fingerprint density at radius 3 is 2.88 bits per heavy atom. The molecule has 2 rings (SSSR count). The van der Waals surface area contributed by atoms with Crippen molar-refractivity contribution in [2.45, 2.75) is 49.3 Å². The molecule has 1 nitrogen and oxygen atoms in total. The van der Waals surface area contributed by atoms with E-state index in [0.29, 0.717) is 11.3 Å². The Morgan fingerprint density at radius 1 is 1.41 bits per heavy atom. The van der Waals surface area contributed by atoms with Crippen molar-refractivity contribution < 1.29 is 0 Å². The molecule has 2 N–H and O–H groups in total. The van der Waals surface area contributed by atoms with Gasteiger partial charge in [-0.15, -0.1) is 11.8 Å². The van der Waals surface area contributed by atoms with Gasteiger partial charge in [0.25, 0.3) is 0 Å².